The number of aromatic carboxylic acids is 1. The number of nitrogens with zero attached hydrogens (tertiary/aromatic N) is 4. The van der Waals surface area contributed by atoms with E-state index < -0.39 is 11.5 Å². The molecule has 1 N–H and O–H groups in total. The van der Waals surface area contributed by atoms with Gasteiger partial charge in [0.1, 0.15) is 12.3 Å². The molecule has 0 atom stereocenters. The number of hydrogen-bond donors (Lipinski definition) is 1. The van der Waals surface area contributed by atoms with E-state index in [1.807, 2.05) is 0 Å². The highest BCUT2D eigenvalue weighted by molar-refractivity contribution is 6.01. The highest BCUT2D eigenvalue weighted by Crippen LogP contribution is 2.21. The number of rotatable bonds is 5. The van der Waals surface area contributed by atoms with Gasteiger partial charge in [0, 0.05) is 10.9 Å². The lowest BCUT2D eigenvalue weighted by Crippen LogP contribution is -2.26. The highest BCUT2D eigenvalue weighted by Gasteiger charge is 2.17. The number of aromatic nitrogens is 4. The van der Waals surface area contributed by atoms with Crippen LogP contribution < -0.4 is 10.3 Å². The molecule has 0 aliphatic carbocycles. The fraction of sp³-hybridized carbons (Fsp3) is 0.105. The maximum absolute atomic E-state index is 12.7. The third kappa shape index (κ3) is 3.09. The maximum atomic E-state index is 12.7. The summed E-state index contributed by atoms with van der Waals surface area (Å²) in [7, 11) is 1.57. The lowest BCUT2D eigenvalue weighted by atomic mass is 10.1. The molecule has 0 saturated carbocycles. The summed E-state index contributed by atoms with van der Waals surface area (Å²) < 4.78 is 11.7. The van der Waals surface area contributed by atoms with Crippen molar-refractivity contribution < 1.29 is 19.1 Å². The molecule has 140 valence electrons. The fourth-order valence-electron chi connectivity index (χ4n) is 2.80. The zero-order chi connectivity index (χ0) is 19.7. The minimum Gasteiger partial charge on any atom is -0.497 e. The van der Waals surface area contributed by atoms with Crippen molar-refractivity contribution in [2.24, 2.45) is 0 Å². The van der Waals surface area contributed by atoms with Crippen molar-refractivity contribution in [3.63, 3.8) is 0 Å². The van der Waals surface area contributed by atoms with Crippen molar-refractivity contribution in [2.45, 2.75) is 6.54 Å². The minimum atomic E-state index is -1.23. The summed E-state index contributed by atoms with van der Waals surface area (Å²) in [4.78, 5) is 24.2. The molecule has 0 aliphatic rings. The van der Waals surface area contributed by atoms with E-state index in [0.29, 0.717) is 11.3 Å². The van der Waals surface area contributed by atoms with Crippen LogP contribution in [0.3, 0.4) is 0 Å². The van der Waals surface area contributed by atoms with Gasteiger partial charge in [-0.3, -0.25) is 4.79 Å². The van der Waals surface area contributed by atoms with E-state index in [2.05, 4.69) is 15.3 Å². The van der Waals surface area contributed by atoms with Gasteiger partial charge in [-0.15, -0.1) is 10.2 Å². The Morgan fingerprint density at radius 1 is 1.11 bits per heavy atom. The Balaban J connectivity index is 1.71. The van der Waals surface area contributed by atoms with E-state index in [-0.39, 0.29) is 34.8 Å². The van der Waals surface area contributed by atoms with Gasteiger partial charge in [-0.1, -0.05) is 18.2 Å². The molecule has 0 saturated heterocycles. The first-order valence-electron chi connectivity index (χ1n) is 8.27. The molecular formula is C19H14N4O5. The van der Waals surface area contributed by atoms with Gasteiger partial charge in [-0.05, 0) is 30.3 Å². The summed E-state index contributed by atoms with van der Waals surface area (Å²) in [6, 6.07) is 13.5. The molecule has 4 rings (SSSR count). The topological polar surface area (TPSA) is 120 Å². The van der Waals surface area contributed by atoms with Gasteiger partial charge in [-0.25, -0.2) is 9.48 Å². The van der Waals surface area contributed by atoms with Crippen LogP contribution in [0.5, 0.6) is 5.75 Å². The summed E-state index contributed by atoms with van der Waals surface area (Å²) in [5.41, 5.74) is 0.0273. The largest absolute Gasteiger partial charge is 0.497 e. The Morgan fingerprint density at radius 2 is 1.82 bits per heavy atom. The molecule has 0 fully saturated rings. The van der Waals surface area contributed by atoms with Gasteiger partial charge in [0.2, 0.25) is 11.8 Å². The second kappa shape index (κ2) is 6.95. The van der Waals surface area contributed by atoms with E-state index >= 15 is 0 Å². The van der Waals surface area contributed by atoms with Crippen LogP contribution in [0.15, 0.2) is 57.7 Å². The van der Waals surface area contributed by atoms with E-state index in [1.165, 1.54) is 0 Å². The average molecular weight is 378 g/mol. The maximum Gasteiger partial charge on any atom is 0.357 e. The summed E-state index contributed by atoms with van der Waals surface area (Å²) in [5.74, 6) is -0.136. The normalized spacial score (nSPS) is 10.9. The zero-order valence-electron chi connectivity index (χ0n) is 14.7. The first kappa shape index (κ1) is 17.4. The average Bonchev–Trinajstić information content (AvgIpc) is 3.18. The van der Waals surface area contributed by atoms with Crippen LogP contribution in [-0.4, -0.2) is 38.2 Å². The molecule has 0 amide bonds. The predicted molar refractivity (Wildman–Crippen MR) is 98.4 cm³/mol. The molecule has 9 heteroatoms. The number of hydrogen-bond acceptors (Lipinski definition) is 7. The van der Waals surface area contributed by atoms with E-state index in [4.69, 9.17) is 9.15 Å². The van der Waals surface area contributed by atoms with Crippen LogP contribution >= 0.6 is 0 Å². The molecular weight excluding hydrogens is 364 g/mol. The lowest BCUT2D eigenvalue weighted by molar-refractivity contribution is 0.0690. The second-order valence-corrected chi connectivity index (χ2v) is 5.89. The highest BCUT2D eigenvalue weighted by atomic mass is 16.5. The van der Waals surface area contributed by atoms with Crippen LogP contribution in [0, 0.1) is 0 Å². The van der Waals surface area contributed by atoms with Crippen LogP contribution in [0.2, 0.25) is 0 Å². The molecule has 0 unspecified atom stereocenters. The first-order valence-corrected chi connectivity index (χ1v) is 8.27. The molecule has 0 bridgehead atoms. The molecule has 2 aromatic carbocycles. The fourth-order valence-corrected chi connectivity index (χ4v) is 2.80. The monoisotopic (exact) mass is 378 g/mol. The third-order valence-electron chi connectivity index (χ3n) is 4.16. The van der Waals surface area contributed by atoms with Crippen molar-refractivity contribution >= 4 is 16.7 Å². The molecule has 0 aliphatic heterocycles. The van der Waals surface area contributed by atoms with Crippen LogP contribution in [0.1, 0.15) is 16.4 Å². The summed E-state index contributed by atoms with van der Waals surface area (Å²) in [5, 5.41) is 21.8. The van der Waals surface area contributed by atoms with Gasteiger partial charge in [-0.2, -0.15) is 5.10 Å². The zero-order valence-corrected chi connectivity index (χ0v) is 14.7. The van der Waals surface area contributed by atoms with Crippen LogP contribution in [0.4, 0.5) is 0 Å². The summed E-state index contributed by atoms with van der Waals surface area (Å²) >= 11 is 0. The first-order chi connectivity index (χ1) is 13.6. The molecule has 9 nitrogen and oxygen atoms in total. The van der Waals surface area contributed by atoms with Gasteiger partial charge in [0.15, 0.2) is 5.69 Å². The Kier molecular flexibility index (Phi) is 4.32. The summed E-state index contributed by atoms with van der Waals surface area (Å²) in [6.45, 7) is -0.146. The third-order valence-corrected chi connectivity index (χ3v) is 4.16. The van der Waals surface area contributed by atoms with Gasteiger partial charge < -0.3 is 14.3 Å². The smallest absolute Gasteiger partial charge is 0.357 e. The number of fused-ring (bicyclic) bond motifs is 1. The van der Waals surface area contributed by atoms with Crippen molar-refractivity contribution in [1.29, 1.82) is 0 Å². The molecule has 0 spiro atoms. The van der Waals surface area contributed by atoms with Gasteiger partial charge in [0.25, 0.3) is 5.56 Å². The number of methoxy groups -OCH3 is 1. The van der Waals surface area contributed by atoms with Crippen molar-refractivity contribution in [3.05, 3.63) is 70.5 Å². The van der Waals surface area contributed by atoms with E-state index in [1.54, 1.807) is 55.6 Å². The van der Waals surface area contributed by atoms with Gasteiger partial charge >= 0.3 is 5.97 Å². The van der Waals surface area contributed by atoms with E-state index in [0.717, 1.165) is 4.68 Å². The molecule has 0 radical (unpaired) electrons. The van der Waals surface area contributed by atoms with Crippen molar-refractivity contribution in [2.75, 3.05) is 7.11 Å². The molecule has 4 aromatic rings. The number of ether oxygens (including phenoxy) is 1. The quantitative estimate of drug-likeness (QED) is 0.561. The Labute approximate surface area is 157 Å². The minimum absolute atomic E-state index is 0.132. The van der Waals surface area contributed by atoms with Crippen molar-refractivity contribution in [1.82, 2.24) is 20.0 Å². The molecule has 2 aromatic heterocycles. The van der Waals surface area contributed by atoms with Gasteiger partial charge in [0.05, 0.1) is 12.5 Å². The summed E-state index contributed by atoms with van der Waals surface area (Å²) in [6.07, 6.45) is 0. The molecule has 28 heavy (non-hydrogen) atoms. The number of benzene rings is 2. The second-order valence-electron chi connectivity index (χ2n) is 5.89. The standard InChI is InChI=1S/C19H14N4O5/c1-27-12-8-6-11(7-9-12)17-21-20-15(28-17)10-23-18(24)14-5-3-2-4-13(14)16(22-23)19(25)26/h2-9H,10H2,1H3,(H,25,26). The Bertz CT molecular complexity index is 1230. The predicted octanol–water partition coefficient (Wildman–Crippen LogP) is 2.20. The number of carboxylic acid groups (broad SMARTS) is 1. The lowest BCUT2D eigenvalue weighted by Gasteiger charge is -2.06. The van der Waals surface area contributed by atoms with Crippen molar-refractivity contribution in [3.8, 4) is 17.2 Å². The Morgan fingerprint density at radius 3 is 2.50 bits per heavy atom. The Hall–Kier alpha value is -4.01. The number of carboxylic acids is 1. The number of carbonyl (C=O) groups is 1. The van der Waals surface area contributed by atoms with E-state index in [9.17, 15) is 14.7 Å². The van der Waals surface area contributed by atoms with Crippen LogP contribution in [0.25, 0.3) is 22.2 Å². The molecule has 2 heterocycles. The SMILES string of the molecule is COc1ccc(-c2nnc(Cn3nc(C(=O)O)c4ccccc4c3=O)o2)cc1. The van der Waals surface area contributed by atoms with Crippen LogP contribution in [-0.2, 0) is 6.54 Å².